The minimum absolute atomic E-state index is 0.0281. The molecule has 2 atom stereocenters. The highest BCUT2D eigenvalue weighted by atomic mass is 35.5. The molecule has 0 aromatic heterocycles. The Balaban J connectivity index is 1.74. The highest BCUT2D eigenvalue weighted by Crippen LogP contribution is 2.35. The van der Waals surface area contributed by atoms with E-state index in [4.69, 9.17) is 11.6 Å². The van der Waals surface area contributed by atoms with Crippen molar-refractivity contribution < 1.29 is 13.2 Å². The normalized spacial score (nSPS) is 27.5. The molecule has 7 heteroatoms. The molecule has 1 aromatic rings. The predicted molar refractivity (Wildman–Crippen MR) is 89.5 cm³/mol. The zero-order valence-corrected chi connectivity index (χ0v) is 14.7. The zero-order valence-electron chi connectivity index (χ0n) is 13.1. The van der Waals surface area contributed by atoms with E-state index >= 15 is 0 Å². The van der Waals surface area contributed by atoms with Crippen LogP contribution in [0.25, 0.3) is 0 Å². The summed E-state index contributed by atoms with van der Waals surface area (Å²) in [5.74, 6) is 0.136. The molecule has 0 bridgehead atoms. The lowest BCUT2D eigenvalue weighted by Gasteiger charge is -2.20. The van der Waals surface area contributed by atoms with Crippen LogP contribution in [-0.2, 0) is 21.4 Å². The van der Waals surface area contributed by atoms with E-state index in [1.165, 1.54) is 0 Å². The van der Waals surface area contributed by atoms with E-state index < -0.39 is 10.0 Å². The quantitative estimate of drug-likeness (QED) is 0.815. The van der Waals surface area contributed by atoms with E-state index in [0.29, 0.717) is 37.6 Å². The number of nitrogens with zero attached hydrogens (tertiary/aromatic N) is 2. The molecular formula is C16H21ClN2O3S. The van der Waals surface area contributed by atoms with E-state index in [1.54, 1.807) is 28.3 Å². The number of halogens is 1. The second-order valence-electron chi connectivity index (χ2n) is 6.35. The van der Waals surface area contributed by atoms with Gasteiger partial charge >= 0.3 is 0 Å². The highest BCUT2D eigenvalue weighted by Gasteiger charge is 2.46. The van der Waals surface area contributed by atoms with Crippen LogP contribution in [0.15, 0.2) is 24.3 Å². The third kappa shape index (κ3) is 3.39. The summed E-state index contributed by atoms with van der Waals surface area (Å²) in [6.07, 6.45) is 1.28. The lowest BCUT2D eigenvalue weighted by Crippen LogP contribution is -2.33. The van der Waals surface area contributed by atoms with Crippen molar-refractivity contribution in [1.29, 1.82) is 0 Å². The van der Waals surface area contributed by atoms with Gasteiger partial charge in [0, 0.05) is 38.1 Å². The number of hydrogen-bond donors (Lipinski definition) is 0. The fourth-order valence-corrected chi connectivity index (χ4v) is 5.91. The van der Waals surface area contributed by atoms with Gasteiger partial charge in [-0.15, -0.1) is 0 Å². The highest BCUT2D eigenvalue weighted by molar-refractivity contribution is 7.90. The Kier molecular flexibility index (Phi) is 4.67. The zero-order chi connectivity index (χ0) is 16.6. The largest absolute Gasteiger partial charge is 0.343 e. The van der Waals surface area contributed by atoms with E-state index in [9.17, 15) is 13.2 Å². The van der Waals surface area contributed by atoms with Crippen LogP contribution in [0, 0.1) is 5.92 Å². The summed E-state index contributed by atoms with van der Waals surface area (Å²) in [7, 11) is -3.31. The van der Waals surface area contributed by atoms with Crippen molar-refractivity contribution in [2.45, 2.75) is 31.6 Å². The summed E-state index contributed by atoms with van der Waals surface area (Å²) in [5.41, 5.74) is 0.944. The van der Waals surface area contributed by atoms with Gasteiger partial charge in [-0.3, -0.25) is 4.79 Å². The second-order valence-corrected chi connectivity index (χ2v) is 8.93. The lowest BCUT2D eigenvalue weighted by molar-refractivity contribution is -0.128. The van der Waals surface area contributed by atoms with Gasteiger partial charge in [0.25, 0.3) is 0 Å². The van der Waals surface area contributed by atoms with Crippen molar-refractivity contribution in [3.63, 3.8) is 0 Å². The average molecular weight is 357 g/mol. The first-order valence-electron chi connectivity index (χ1n) is 7.87. The molecule has 0 saturated carbocycles. The summed E-state index contributed by atoms with van der Waals surface area (Å²) in [4.78, 5) is 13.3. The number of benzene rings is 1. The minimum Gasteiger partial charge on any atom is -0.343 e. The third-order valence-corrected chi connectivity index (χ3v) is 7.51. The molecule has 1 aromatic carbocycles. The first-order valence-corrected chi connectivity index (χ1v) is 9.75. The SMILES string of the molecule is CC(=O)N1CC[C@@H]2CN(Cc3ccc(Cl)cc3)S(=O)(=O)[C@@H]2CC1. The van der Waals surface area contributed by atoms with Gasteiger partial charge in [0.05, 0.1) is 5.25 Å². The Bertz CT molecular complexity index is 690. The number of rotatable bonds is 2. The molecule has 2 heterocycles. The average Bonchev–Trinajstić information content (AvgIpc) is 2.66. The topological polar surface area (TPSA) is 57.7 Å². The van der Waals surface area contributed by atoms with Gasteiger partial charge in [-0.1, -0.05) is 23.7 Å². The Morgan fingerprint density at radius 1 is 1.22 bits per heavy atom. The van der Waals surface area contributed by atoms with Crippen LogP contribution in [0.4, 0.5) is 0 Å². The van der Waals surface area contributed by atoms with Crippen molar-refractivity contribution in [1.82, 2.24) is 9.21 Å². The Hall–Kier alpha value is -1.11. The fraction of sp³-hybridized carbons (Fsp3) is 0.562. The maximum atomic E-state index is 12.8. The molecular weight excluding hydrogens is 336 g/mol. The van der Waals surface area contributed by atoms with Crippen molar-refractivity contribution >= 4 is 27.5 Å². The Labute approximate surface area is 142 Å². The van der Waals surface area contributed by atoms with Crippen LogP contribution in [-0.4, -0.2) is 48.4 Å². The van der Waals surface area contributed by atoms with E-state index in [-0.39, 0.29) is 17.1 Å². The van der Waals surface area contributed by atoms with Gasteiger partial charge in [0.1, 0.15) is 0 Å². The second kappa shape index (κ2) is 6.42. The number of likely N-dealkylation sites (tertiary alicyclic amines) is 1. The Morgan fingerprint density at radius 2 is 1.87 bits per heavy atom. The maximum absolute atomic E-state index is 12.8. The lowest BCUT2D eigenvalue weighted by atomic mass is 10.0. The number of sulfonamides is 1. The molecule has 2 aliphatic heterocycles. The molecule has 0 N–H and O–H groups in total. The van der Waals surface area contributed by atoms with Crippen molar-refractivity contribution in [3.8, 4) is 0 Å². The summed E-state index contributed by atoms with van der Waals surface area (Å²) in [6.45, 7) is 3.66. The van der Waals surface area contributed by atoms with Gasteiger partial charge < -0.3 is 4.90 Å². The molecule has 2 aliphatic rings. The minimum atomic E-state index is -3.31. The molecule has 0 aliphatic carbocycles. The van der Waals surface area contributed by atoms with E-state index in [2.05, 4.69) is 0 Å². The number of hydrogen-bond acceptors (Lipinski definition) is 3. The standard InChI is InChI=1S/C16H21ClN2O3S/c1-12(20)18-8-6-14-11-19(23(21,22)16(14)7-9-18)10-13-2-4-15(17)5-3-13/h2-5,14,16H,6-11H2,1H3/t14-,16-/m1/s1. The summed E-state index contributed by atoms with van der Waals surface area (Å²) in [6, 6.07) is 7.29. The van der Waals surface area contributed by atoms with Crippen LogP contribution in [0.3, 0.4) is 0 Å². The molecule has 3 rings (SSSR count). The van der Waals surface area contributed by atoms with Gasteiger partial charge in [-0.25, -0.2) is 8.42 Å². The summed E-state index contributed by atoms with van der Waals surface area (Å²) < 4.78 is 27.2. The number of fused-ring (bicyclic) bond motifs is 1. The number of carbonyl (C=O) groups excluding carboxylic acids is 1. The van der Waals surface area contributed by atoms with Gasteiger partial charge in [-0.05, 0) is 36.5 Å². The molecule has 0 unspecified atom stereocenters. The molecule has 2 fully saturated rings. The van der Waals surface area contributed by atoms with Crippen LogP contribution in [0.2, 0.25) is 5.02 Å². The van der Waals surface area contributed by atoms with Crippen molar-refractivity contribution in [2.24, 2.45) is 5.92 Å². The van der Waals surface area contributed by atoms with Crippen molar-refractivity contribution in [2.75, 3.05) is 19.6 Å². The molecule has 1 amide bonds. The summed E-state index contributed by atoms with van der Waals surface area (Å²) >= 11 is 5.88. The molecule has 2 saturated heterocycles. The van der Waals surface area contributed by atoms with Crippen LogP contribution < -0.4 is 0 Å². The van der Waals surface area contributed by atoms with Crippen molar-refractivity contribution in [3.05, 3.63) is 34.9 Å². The first kappa shape index (κ1) is 16.7. The molecule has 0 radical (unpaired) electrons. The Morgan fingerprint density at radius 3 is 2.52 bits per heavy atom. The predicted octanol–water partition coefficient (Wildman–Crippen LogP) is 2.11. The van der Waals surface area contributed by atoms with Gasteiger partial charge in [-0.2, -0.15) is 4.31 Å². The van der Waals surface area contributed by atoms with Gasteiger partial charge in [0.2, 0.25) is 15.9 Å². The molecule has 126 valence electrons. The molecule has 5 nitrogen and oxygen atoms in total. The van der Waals surface area contributed by atoms with Crippen LogP contribution >= 0.6 is 11.6 Å². The van der Waals surface area contributed by atoms with Crippen LogP contribution in [0.1, 0.15) is 25.3 Å². The third-order valence-electron chi connectivity index (χ3n) is 4.88. The monoisotopic (exact) mass is 356 g/mol. The fourth-order valence-electron chi connectivity index (χ4n) is 3.56. The van der Waals surface area contributed by atoms with Crippen LogP contribution in [0.5, 0.6) is 0 Å². The molecule has 0 spiro atoms. The van der Waals surface area contributed by atoms with Gasteiger partial charge in [0.15, 0.2) is 0 Å². The molecule has 23 heavy (non-hydrogen) atoms. The van der Waals surface area contributed by atoms with E-state index in [0.717, 1.165) is 12.0 Å². The van der Waals surface area contributed by atoms with E-state index in [1.807, 2.05) is 12.1 Å². The first-order chi connectivity index (χ1) is 10.9. The smallest absolute Gasteiger partial charge is 0.219 e. The number of carbonyl (C=O) groups is 1. The maximum Gasteiger partial charge on any atom is 0.219 e. The number of amides is 1. The summed E-state index contributed by atoms with van der Waals surface area (Å²) in [5, 5.41) is 0.284.